The molecule has 0 unspecified atom stereocenters. The van der Waals surface area contributed by atoms with Crippen LogP contribution in [-0.2, 0) is 4.74 Å². The maximum absolute atomic E-state index is 13.1. The summed E-state index contributed by atoms with van der Waals surface area (Å²) < 4.78 is 47.6. The number of nitrogens with zero attached hydrogens (tertiary/aromatic N) is 1. The van der Waals surface area contributed by atoms with E-state index in [1.54, 1.807) is 13.8 Å². The minimum atomic E-state index is -3.09. The van der Waals surface area contributed by atoms with Gasteiger partial charge >= 0.3 is 12.6 Å². The highest BCUT2D eigenvalue weighted by atomic mass is 32.1. The number of alkyl halides is 2. The van der Waals surface area contributed by atoms with Crippen LogP contribution in [0.15, 0.2) is 42.5 Å². The summed E-state index contributed by atoms with van der Waals surface area (Å²) in [4.78, 5) is 29.3. The number of aromatic nitrogens is 1. The molecule has 0 aliphatic carbocycles. The molecule has 0 aliphatic heterocycles. The molecule has 9 heteroatoms. The number of hydrogen-bond acceptors (Lipinski definition) is 6. The van der Waals surface area contributed by atoms with E-state index >= 15 is 0 Å². The number of halogens is 3. The number of ketones is 1. The number of benzene rings is 2. The van der Waals surface area contributed by atoms with Gasteiger partial charge in [0.1, 0.15) is 21.5 Å². The summed E-state index contributed by atoms with van der Waals surface area (Å²) in [5, 5.41) is 0.497. The first kappa shape index (κ1) is 21.5. The molecule has 1 aromatic heterocycles. The lowest BCUT2D eigenvalue weighted by atomic mass is 10.1. The van der Waals surface area contributed by atoms with Crippen LogP contribution in [0.3, 0.4) is 0 Å². The highest BCUT2D eigenvalue weighted by molar-refractivity contribution is 7.17. The Balaban J connectivity index is 1.73. The summed E-state index contributed by atoms with van der Waals surface area (Å²) in [7, 11) is 0. The highest BCUT2D eigenvalue weighted by Crippen LogP contribution is 2.29. The number of hydrogen-bond donors (Lipinski definition) is 0. The van der Waals surface area contributed by atoms with E-state index in [1.165, 1.54) is 42.5 Å². The predicted octanol–water partition coefficient (Wildman–Crippen LogP) is 5.21. The van der Waals surface area contributed by atoms with Crippen molar-refractivity contribution in [2.24, 2.45) is 0 Å². The molecule has 0 N–H and O–H groups in total. The summed E-state index contributed by atoms with van der Waals surface area (Å²) in [6.07, 6.45) is 0. The first-order valence-electron chi connectivity index (χ1n) is 8.73. The van der Waals surface area contributed by atoms with Gasteiger partial charge in [-0.05, 0) is 50.2 Å². The second-order valence-electron chi connectivity index (χ2n) is 6.32. The van der Waals surface area contributed by atoms with Crippen LogP contribution >= 0.6 is 11.3 Å². The van der Waals surface area contributed by atoms with Crippen LogP contribution < -0.4 is 4.74 Å². The Labute approximate surface area is 174 Å². The number of thiazole rings is 1. The van der Waals surface area contributed by atoms with E-state index in [0.717, 1.165) is 11.3 Å². The van der Waals surface area contributed by atoms with Crippen molar-refractivity contribution in [2.75, 3.05) is 6.61 Å². The molecule has 0 amide bonds. The average molecular weight is 435 g/mol. The number of ether oxygens (including phenoxy) is 2. The van der Waals surface area contributed by atoms with Crippen LogP contribution in [0.4, 0.5) is 13.2 Å². The van der Waals surface area contributed by atoms with Crippen molar-refractivity contribution >= 4 is 23.1 Å². The SMILES string of the molecule is Cc1ccc(OC(F)F)c(C(=O)COC(=O)c2sc(-c3ccc(F)cc3)nc2C)c1. The van der Waals surface area contributed by atoms with Crippen LogP contribution in [0.1, 0.15) is 31.3 Å². The first-order chi connectivity index (χ1) is 14.2. The molecule has 156 valence electrons. The third-order valence-corrected chi connectivity index (χ3v) is 5.25. The summed E-state index contributed by atoms with van der Waals surface area (Å²) >= 11 is 1.04. The summed E-state index contributed by atoms with van der Waals surface area (Å²) in [6, 6.07) is 9.81. The molecule has 0 bridgehead atoms. The average Bonchev–Trinajstić information content (AvgIpc) is 3.09. The maximum Gasteiger partial charge on any atom is 0.387 e. The minimum Gasteiger partial charge on any atom is -0.453 e. The minimum absolute atomic E-state index is 0.101. The van der Waals surface area contributed by atoms with Crippen molar-refractivity contribution in [3.8, 4) is 16.3 Å². The quantitative estimate of drug-likeness (QED) is 0.377. The number of carbonyl (C=O) groups excluding carboxylic acids is 2. The van der Waals surface area contributed by atoms with Gasteiger partial charge in [-0.1, -0.05) is 11.6 Å². The molecule has 0 aliphatic rings. The Morgan fingerprint density at radius 2 is 1.80 bits per heavy atom. The van der Waals surface area contributed by atoms with E-state index in [4.69, 9.17) is 4.74 Å². The van der Waals surface area contributed by atoms with Gasteiger partial charge in [0.05, 0.1) is 11.3 Å². The number of Topliss-reactive ketones (excluding diaryl/α,β-unsaturated/α-hetero) is 1. The molecular formula is C21H16F3NO4S. The molecule has 30 heavy (non-hydrogen) atoms. The molecular weight excluding hydrogens is 419 g/mol. The number of carbonyl (C=O) groups is 2. The van der Waals surface area contributed by atoms with Gasteiger partial charge in [0.25, 0.3) is 0 Å². The van der Waals surface area contributed by atoms with Gasteiger partial charge in [-0.2, -0.15) is 8.78 Å². The van der Waals surface area contributed by atoms with Crippen molar-refractivity contribution in [1.82, 2.24) is 4.98 Å². The molecule has 0 radical (unpaired) electrons. The van der Waals surface area contributed by atoms with Crippen molar-refractivity contribution in [3.63, 3.8) is 0 Å². The van der Waals surface area contributed by atoms with Crippen molar-refractivity contribution in [3.05, 3.63) is 70.0 Å². The third-order valence-electron chi connectivity index (χ3n) is 4.06. The second kappa shape index (κ2) is 9.08. The number of esters is 1. The summed E-state index contributed by atoms with van der Waals surface area (Å²) in [5.41, 5.74) is 1.59. The zero-order valence-corrected chi connectivity index (χ0v) is 16.8. The number of rotatable bonds is 7. The second-order valence-corrected chi connectivity index (χ2v) is 7.32. The molecule has 2 aromatic carbocycles. The van der Waals surface area contributed by atoms with E-state index in [-0.39, 0.29) is 16.2 Å². The van der Waals surface area contributed by atoms with Crippen molar-refractivity contribution in [1.29, 1.82) is 0 Å². The highest BCUT2D eigenvalue weighted by Gasteiger charge is 2.21. The van der Waals surface area contributed by atoms with E-state index < -0.39 is 30.8 Å². The molecule has 3 aromatic rings. The lowest BCUT2D eigenvalue weighted by Crippen LogP contribution is -2.16. The Bertz CT molecular complexity index is 1080. The molecule has 5 nitrogen and oxygen atoms in total. The van der Waals surface area contributed by atoms with E-state index in [2.05, 4.69) is 9.72 Å². The maximum atomic E-state index is 13.1. The summed E-state index contributed by atoms with van der Waals surface area (Å²) in [6.45, 7) is -0.444. The van der Waals surface area contributed by atoms with Crippen molar-refractivity contribution in [2.45, 2.75) is 20.5 Å². The molecule has 0 saturated heterocycles. The van der Waals surface area contributed by atoms with Gasteiger partial charge in [-0.25, -0.2) is 14.2 Å². The van der Waals surface area contributed by atoms with E-state index in [0.29, 0.717) is 21.8 Å². The van der Waals surface area contributed by atoms with Crippen LogP contribution in [0, 0.1) is 19.7 Å². The van der Waals surface area contributed by atoms with E-state index in [1.807, 2.05) is 0 Å². The smallest absolute Gasteiger partial charge is 0.387 e. The van der Waals surface area contributed by atoms with Crippen LogP contribution in [0.2, 0.25) is 0 Å². The largest absolute Gasteiger partial charge is 0.453 e. The topological polar surface area (TPSA) is 65.5 Å². The molecule has 0 spiro atoms. The monoisotopic (exact) mass is 435 g/mol. The van der Waals surface area contributed by atoms with Gasteiger partial charge in [0.2, 0.25) is 5.78 Å². The van der Waals surface area contributed by atoms with Crippen LogP contribution in [-0.4, -0.2) is 30.0 Å². The lowest BCUT2D eigenvalue weighted by molar-refractivity contribution is -0.0502. The fourth-order valence-electron chi connectivity index (χ4n) is 2.64. The standard InChI is InChI=1S/C21H16F3NO4S/c1-11-3-8-17(29-21(23)24)15(9-11)16(26)10-28-20(27)18-12(2)25-19(30-18)13-4-6-14(22)7-5-13/h3-9,21H,10H2,1-2H3. The molecule has 3 rings (SSSR count). The molecule has 1 heterocycles. The Hall–Kier alpha value is -3.20. The van der Waals surface area contributed by atoms with Gasteiger partial charge in [-0.3, -0.25) is 4.79 Å². The fourth-order valence-corrected chi connectivity index (χ4v) is 3.60. The molecule has 0 saturated carbocycles. The Kier molecular flexibility index (Phi) is 6.51. The van der Waals surface area contributed by atoms with Gasteiger partial charge in [0, 0.05) is 5.56 Å². The Morgan fingerprint density at radius 1 is 1.10 bits per heavy atom. The zero-order chi connectivity index (χ0) is 21.8. The van der Waals surface area contributed by atoms with Gasteiger partial charge < -0.3 is 9.47 Å². The van der Waals surface area contributed by atoms with E-state index in [9.17, 15) is 22.8 Å². The predicted molar refractivity (Wildman–Crippen MR) is 105 cm³/mol. The summed E-state index contributed by atoms with van der Waals surface area (Å²) in [5.74, 6) is -2.12. The lowest BCUT2D eigenvalue weighted by Gasteiger charge is -2.11. The number of aryl methyl sites for hydroxylation is 2. The van der Waals surface area contributed by atoms with Crippen LogP contribution in [0.5, 0.6) is 5.75 Å². The first-order valence-corrected chi connectivity index (χ1v) is 9.55. The Morgan fingerprint density at radius 3 is 2.47 bits per heavy atom. The normalized spacial score (nSPS) is 10.9. The molecule has 0 atom stereocenters. The third kappa shape index (κ3) is 5.04. The molecule has 0 fully saturated rings. The van der Waals surface area contributed by atoms with Crippen molar-refractivity contribution < 1.29 is 32.2 Å². The fraction of sp³-hybridized carbons (Fsp3) is 0.190. The zero-order valence-electron chi connectivity index (χ0n) is 15.9. The van der Waals surface area contributed by atoms with Crippen LogP contribution in [0.25, 0.3) is 10.6 Å². The van der Waals surface area contributed by atoms with Gasteiger partial charge in [-0.15, -0.1) is 11.3 Å². The van der Waals surface area contributed by atoms with Gasteiger partial charge in [0.15, 0.2) is 6.61 Å².